The van der Waals surface area contributed by atoms with E-state index in [1.807, 2.05) is 98.2 Å². The minimum Gasteiger partial charge on any atom is -0.464 e. The monoisotopic (exact) mass is 650 g/mol. The van der Waals surface area contributed by atoms with Gasteiger partial charge in [0.15, 0.2) is 0 Å². The van der Waals surface area contributed by atoms with Crippen molar-refractivity contribution in [1.82, 2.24) is 0 Å². The molecule has 1 spiro atoms. The minimum absolute atomic E-state index is 0.595. The molecule has 246 valence electrons. The number of fused-ring (bicyclic) bond motifs is 3. The molecule has 0 aromatic heterocycles. The van der Waals surface area contributed by atoms with Gasteiger partial charge >= 0.3 is 0 Å². The molecule has 0 saturated heterocycles. The van der Waals surface area contributed by atoms with Crippen molar-refractivity contribution in [2.24, 2.45) is 0 Å². The molecule has 4 N–H and O–H groups in total. The van der Waals surface area contributed by atoms with Crippen LogP contribution in [0, 0.1) is 0 Å². The Morgan fingerprint density at radius 2 is 1.32 bits per heavy atom. The molecule has 3 heteroatoms. The molecular weight excluding hydrogens is 609 g/mol. The fourth-order valence-corrected chi connectivity index (χ4v) is 6.40. The first kappa shape index (κ1) is 33.6. The SMILES string of the molecule is C=C1/C=C\C=CC2(C=C/C=C\C1=C)C(=C)/C=C\C(c1ccc(C/C=C\c3ccc(/C=C\C)c(N)c3N)c3ccccc13)=C/Oc1ccccc12. The number of hydrogen-bond acceptors (Lipinski definition) is 3. The van der Waals surface area contributed by atoms with Gasteiger partial charge in [-0.05, 0) is 69.2 Å². The lowest BCUT2D eigenvalue weighted by Gasteiger charge is -2.30. The summed E-state index contributed by atoms with van der Waals surface area (Å²) in [6, 6.07) is 25.0. The highest BCUT2D eigenvalue weighted by Gasteiger charge is 2.32. The molecule has 0 saturated carbocycles. The van der Waals surface area contributed by atoms with E-state index in [1.165, 1.54) is 10.9 Å². The van der Waals surface area contributed by atoms with Crippen molar-refractivity contribution >= 4 is 39.9 Å². The van der Waals surface area contributed by atoms with Gasteiger partial charge in [-0.15, -0.1) is 0 Å². The summed E-state index contributed by atoms with van der Waals surface area (Å²) in [6.07, 6.45) is 31.2. The second-order valence-corrected chi connectivity index (χ2v) is 12.4. The van der Waals surface area contributed by atoms with Gasteiger partial charge in [0.1, 0.15) is 5.75 Å². The Labute approximate surface area is 296 Å². The molecule has 50 heavy (non-hydrogen) atoms. The highest BCUT2D eigenvalue weighted by Crippen LogP contribution is 2.43. The van der Waals surface area contributed by atoms with Gasteiger partial charge in [-0.2, -0.15) is 0 Å². The van der Waals surface area contributed by atoms with Crippen LogP contribution >= 0.6 is 0 Å². The van der Waals surface area contributed by atoms with E-state index in [4.69, 9.17) is 16.2 Å². The van der Waals surface area contributed by atoms with Gasteiger partial charge in [0.2, 0.25) is 0 Å². The summed E-state index contributed by atoms with van der Waals surface area (Å²) in [4.78, 5) is 0. The van der Waals surface area contributed by atoms with Crippen LogP contribution in [0.4, 0.5) is 11.4 Å². The molecule has 3 nitrogen and oxygen atoms in total. The molecule has 0 unspecified atom stereocenters. The van der Waals surface area contributed by atoms with Crippen molar-refractivity contribution < 1.29 is 4.74 Å². The minimum atomic E-state index is -0.669. The van der Waals surface area contributed by atoms with E-state index in [2.05, 4.69) is 92.6 Å². The predicted molar refractivity (Wildman–Crippen MR) is 217 cm³/mol. The first-order valence-corrected chi connectivity index (χ1v) is 16.7. The van der Waals surface area contributed by atoms with E-state index in [-0.39, 0.29) is 0 Å². The second-order valence-electron chi connectivity index (χ2n) is 12.4. The van der Waals surface area contributed by atoms with Crippen molar-refractivity contribution in [3.05, 3.63) is 216 Å². The molecule has 0 atom stereocenters. The molecule has 1 heterocycles. The summed E-state index contributed by atoms with van der Waals surface area (Å²) in [5.41, 5.74) is 21.9. The summed E-state index contributed by atoms with van der Waals surface area (Å²) in [6.45, 7) is 14.9. The lowest BCUT2D eigenvalue weighted by molar-refractivity contribution is 0.472. The number of nitrogens with two attached hydrogens (primary N) is 2. The van der Waals surface area contributed by atoms with Crippen molar-refractivity contribution in [2.75, 3.05) is 11.5 Å². The molecule has 6 rings (SSSR count). The Bertz CT molecular complexity index is 2210. The van der Waals surface area contributed by atoms with Crippen molar-refractivity contribution in [2.45, 2.75) is 18.8 Å². The molecule has 1 aliphatic heterocycles. The Morgan fingerprint density at radius 3 is 2.02 bits per heavy atom. The zero-order valence-corrected chi connectivity index (χ0v) is 28.5. The molecule has 4 aromatic rings. The van der Waals surface area contributed by atoms with Crippen LogP contribution in [-0.2, 0) is 11.8 Å². The number of anilines is 2. The predicted octanol–water partition coefficient (Wildman–Crippen LogP) is 11.4. The van der Waals surface area contributed by atoms with E-state index >= 15 is 0 Å². The van der Waals surface area contributed by atoms with Crippen LogP contribution in [0.5, 0.6) is 5.75 Å². The van der Waals surface area contributed by atoms with Gasteiger partial charge in [-0.25, -0.2) is 0 Å². The van der Waals surface area contributed by atoms with Crippen LogP contribution < -0.4 is 16.2 Å². The third kappa shape index (κ3) is 6.80. The molecule has 4 aromatic carbocycles. The third-order valence-electron chi connectivity index (χ3n) is 9.25. The fourth-order valence-electron chi connectivity index (χ4n) is 6.40. The van der Waals surface area contributed by atoms with Gasteiger partial charge in [-0.1, -0.05) is 172 Å². The van der Waals surface area contributed by atoms with E-state index in [0.29, 0.717) is 11.4 Å². The average molecular weight is 651 g/mol. The van der Waals surface area contributed by atoms with E-state index in [1.54, 1.807) is 0 Å². The number of nitrogen functional groups attached to an aromatic ring is 2. The topological polar surface area (TPSA) is 61.3 Å². The maximum absolute atomic E-state index is 6.55. The number of rotatable bonds is 5. The molecule has 1 aliphatic carbocycles. The highest BCUT2D eigenvalue weighted by atomic mass is 16.5. The van der Waals surface area contributed by atoms with E-state index in [0.717, 1.165) is 62.1 Å². The number of para-hydroxylation sites is 1. The Balaban J connectivity index is 1.38. The van der Waals surface area contributed by atoms with Gasteiger partial charge in [0.25, 0.3) is 0 Å². The van der Waals surface area contributed by atoms with E-state index < -0.39 is 5.41 Å². The zero-order chi connectivity index (χ0) is 35.1. The van der Waals surface area contributed by atoms with Crippen LogP contribution in [0.1, 0.15) is 34.7 Å². The fraction of sp³-hybridized carbons (Fsp3) is 0.0638. The molecule has 0 amide bonds. The van der Waals surface area contributed by atoms with Crippen LogP contribution in [0.3, 0.4) is 0 Å². The molecule has 2 aliphatic rings. The summed E-state index contributed by atoms with van der Waals surface area (Å²) in [7, 11) is 0. The lowest BCUT2D eigenvalue weighted by atomic mass is 9.73. The van der Waals surface area contributed by atoms with E-state index in [9.17, 15) is 0 Å². The number of ether oxygens (including phenoxy) is 1. The van der Waals surface area contributed by atoms with Crippen LogP contribution in [0.2, 0.25) is 0 Å². The summed E-state index contributed by atoms with van der Waals surface area (Å²) in [5.74, 6) is 0.755. The molecule has 0 fully saturated rings. The van der Waals surface area contributed by atoms with Gasteiger partial charge < -0.3 is 16.2 Å². The van der Waals surface area contributed by atoms with Gasteiger partial charge in [-0.3, -0.25) is 0 Å². The maximum atomic E-state index is 6.55. The normalized spacial score (nSPS) is 20.8. The number of allylic oxidation sites excluding steroid dienone is 16. The van der Waals surface area contributed by atoms with Crippen LogP contribution in [0.25, 0.3) is 28.5 Å². The average Bonchev–Trinajstić information content (AvgIpc) is 3.16. The maximum Gasteiger partial charge on any atom is 0.131 e. The van der Waals surface area contributed by atoms with Gasteiger partial charge in [0.05, 0.1) is 23.1 Å². The van der Waals surface area contributed by atoms with Crippen molar-refractivity contribution in [3.8, 4) is 5.75 Å². The van der Waals surface area contributed by atoms with Crippen molar-refractivity contribution in [3.63, 3.8) is 0 Å². The Hall–Kier alpha value is -6.32. The molecule has 0 radical (unpaired) electrons. The lowest BCUT2D eigenvalue weighted by Crippen LogP contribution is -2.23. The zero-order valence-electron chi connectivity index (χ0n) is 28.5. The summed E-state index contributed by atoms with van der Waals surface area (Å²) < 4.78 is 6.55. The molecule has 0 bridgehead atoms. The second kappa shape index (κ2) is 14.8. The first-order valence-electron chi connectivity index (χ1n) is 16.7. The largest absolute Gasteiger partial charge is 0.464 e. The quantitative estimate of drug-likeness (QED) is 0.211. The smallest absolute Gasteiger partial charge is 0.131 e. The Kier molecular flexibility index (Phi) is 9.97. The highest BCUT2D eigenvalue weighted by molar-refractivity contribution is 5.98. The van der Waals surface area contributed by atoms with Crippen LogP contribution in [-0.4, -0.2) is 0 Å². The molecular formula is C47H42N2O. The summed E-state index contributed by atoms with van der Waals surface area (Å²) in [5, 5.41) is 2.31. The standard InChI is InChI=1S/C47H42N2O/c1-5-15-37-26-27-38(46(49)45(37)48)19-14-18-36-28-29-41(42-21-7-6-20-40(36)42)39-25-24-35(4)47(43-22-8-9-23-44(43)50-32-39)30-12-10-16-33(2)34(3)17-11-13-31-47/h5-17,19-32H,2-4,18,48-49H2,1H3/b15-5-,16-10-,17-11-,19-14-,25-24-,30-12?,31-13?,39-32+. The first-order chi connectivity index (χ1) is 24.3. The van der Waals surface area contributed by atoms with Crippen molar-refractivity contribution in [1.29, 1.82) is 0 Å². The van der Waals surface area contributed by atoms with Crippen LogP contribution in [0.15, 0.2) is 188 Å². The van der Waals surface area contributed by atoms with Gasteiger partial charge in [0, 0.05) is 11.1 Å². The third-order valence-corrected chi connectivity index (χ3v) is 9.25. The Morgan fingerprint density at radius 1 is 0.680 bits per heavy atom. The number of benzene rings is 4. The summed E-state index contributed by atoms with van der Waals surface area (Å²) >= 11 is 0. The number of hydrogen-bond donors (Lipinski definition) is 2.